The molecule has 0 amide bonds. The number of piperidine rings is 2. The summed E-state index contributed by atoms with van der Waals surface area (Å²) in [6, 6.07) is 23.3. The number of nitrogens with one attached hydrogen (secondary N) is 4. The lowest BCUT2D eigenvalue weighted by Crippen LogP contribution is -2.18. The Hall–Kier alpha value is -4.14. The minimum atomic E-state index is 0.352. The third kappa shape index (κ3) is 2.82. The maximum absolute atomic E-state index is 4.97. The number of fused-ring (bicyclic) bond motifs is 5. The van der Waals surface area contributed by atoms with Crippen molar-refractivity contribution in [3.8, 4) is 22.5 Å². The van der Waals surface area contributed by atoms with Crippen molar-refractivity contribution in [1.29, 1.82) is 0 Å². The Morgan fingerprint density at radius 3 is 1.80 bits per heavy atom. The number of benzene rings is 2. The molecular weight excluding hydrogens is 496 g/mol. The van der Waals surface area contributed by atoms with Crippen LogP contribution in [0.15, 0.2) is 60.7 Å². The number of rotatable bonds is 4. The van der Waals surface area contributed by atoms with E-state index < -0.39 is 0 Å². The van der Waals surface area contributed by atoms with Crippen LogP contribution in [0.1, 0.15) is 36.6 Å². The molecular formula is C32H26N8. The molecule has 6 aromatic rings. The molecule has 6 fully saturated rings. The predicted molar refractivity (Wildman–Crippen MR) is 152 cm³/mol. The number of hydrogen-bond acceptors (Lipinski definition) is 6. The molecule has 3 saturated heterocycles. The number of hydrogen-bond donors (Lipinski definition) is 4. The van der Waals surface area contributed by atoms with E-state index in [1.165, 1.54) is 12.8 Å². The Labute approximate surface area is 229 Å². The first-order valence-corrected chi connectivity index (χ1v) is 14.5. The maximum atomic E-state index is 4.97. The number of H-pyrrole nitrogens is 2. The van der Waals surface area contributed by atoms with Crippen molar-refractivity contribution in [2.75, 3.05) is 0 Å². The summed E-state index contributed by atoms with van der Waals surface area (Å²) in [5.74, 6) is 5.65. The standard InChI is InChI=1S/C32H26N8/c1-3-20-23(38-31(36-20)25-12-15-11-22(15)35-25)9-13(1)16-5-7-19-18(33-16)8-6-17(34-19)14-2-4-21-24(10-14)39-32(37-21)30-28-26-27(28)29(26)40-30/h1-10,15,22,25-30,35,40H,11-12H2,(H,36,38)(H,37,39)/t15-,22-,25+,26-,27?,28?,29?,30+/m1/s1. The average molecular weight is 523 g/mol. The van der Waals surface area contributed by atoms with Crippen molar-refractivity contribution in [3.05, 3.63) is 72.3 Å². The van der Waals surface area contributed by atoms with Gasteiger partial charge in [0.2, 0.25) is 0 Å². The third-order valence-corrected chi connectivity index (χ3v) is 10.3. The zero-order chi connectivity index (χ0) is 25.7. The Morgan fingerprint density at radius 1 is 0.575 bits per heavy atom. The fourth-order valence-electron chi connectivity index (χ4n) is 7.88. The van der Waals surface area contributed by atoms with Crippen LogP contribution in [0.25, 0.3) is 55.6 Å². The second-order valence-corrected chi connectivity index (χ2v) is 12.6. The van der Waals surface area contributed by atoms with Crippen molar-refractivity contribution < 1.29 is 0 Å². The molecule has 8 nitrogen and oxygen atoms in total. The first-order chi connectivity index (χ1) is 19.7. The number of imidazole rings is 2. The molecule has 4 N–H and O–H groups in total. The highest BCUT2D eigenvalue weighted by Crippen LogP contribution is 2.77. The van der Waals surface area contributed by atoms with Crippen LogP contribution < -0.4 is 10.6 Å². The van der Waals surface area contributed by atoms with Crippen LogP contribution in [-0.4, -0.2) is 42.0 Å². The van der Waals surface area contributed by atoms with Gasteiger partial charge in [-0.1, -0.05) is 12.1 Å². The largest absolute Gasteiger partial charge is 0.341 e. The first kappa shape index (κ1) is 20.7. The highest BCUT2D eigenvalue weighted by atomic mass is 15.2. The van der Waals surface area contributed by atoms with E-state index in [4.69, 9.17) is 19.9 Å². The van der Waals surface area contributed by atoms with Crippen LogP contribution in [0.3, 0.4) is 0 Å². The fraction of sp³-hybridized carbons (Fsp3) is 0.312. The van der Waals surface area contributed by atoms with Crippen LogP contribution in [0.5, 0.6) is 0 Å². The summed E-state index contributed by atoms with van der Waals surface area (Å²) in [6.45, 7) is 0. The third-order valence-electron chi connectivity index (χ3n) is 10.3. The summed E-state index contributed by atoms with van der Waals surface area (Å²) in [4.78, 5) is 26.8. The van der Waals surface area contributed by atoms with Gasteiger partial charge in [0.05, 0.1) is 56.6 Å². The summed E-state index contributed by atoms with van der Waals surface area (Å²) < 4.78 is 0. The van der Waals surface area contributed by atoms with Crippen LogP contribution >= 0.6 is 0 Å². The van der Waals surface area contributed by atoms with Gasteiger partial charge >= 0.3 is 0 Å². The molecule has 194 valence electrons. The summed E-state index contributed by atoms with van der Waals surface area (Å²) >= 11 is 0. The fourth-order valence-corrected chi connectivity index (χ4v) is 7.88. The first-order valence-electron chi connectivity index (χ1n) is 14.5. The van der Waals surface area contributed by atoms with E-state index >= 15 is 0 Å². The van der Waals surface area contributed by atoms with Crippen LogP contribution in [0.2, 0.25) is 0 Å². The normalized spacial score (nSPS) is 32.6. The number of nitrogens with zero attached hydrogens (tertiary/aromatic N) is 4. The van der Waals surface area contributed by atoms with Gasteiger partial charge in [0.15, 0.2) is 0 Å². The SMILES string of the molecule is c1cc2nc([C@@H]3C[C@H]4C[C@H]4N3)[nH]c2cc1-c1ccc2nc(-c3ccc4nc([C@H]5NC6C7C5[C@H]67)[nH]c4c3)ccc2n1. The lowest BCUT2D eigenvalue weighted by Gasteiger charge is -2.08. The minimum Gasteiger partial charge on any atom is -0.341 e. The van der Waals surface area contributed by atoms with Crippen LogP contribution in [0.4, 0.5) is 0 Å². The van der Waals surface area contributed by atoms with Gasteiger partial charge in [0.25, 0.3) is 0 Å². The topological polar surface area (TPSA) is 107 Å². The van der Waals surface area contributed by atoms with E-state index in [1.54, 1.807) is 0 Å². The second-order valence-electron chi connectivity index (χ2n) is 12.6. The summed E-state index contributed by atoms with van der Waals surface area (Å²) in [5, 5.41) is 7.42. The smallest absolute Gasteiger partial charge is 0.124 e. The van der Waals surface area contributed by atoms with Crippen molar-refractivity contribution in [2.24, 2.45) is 23.7 Å². The zero-order valence-electron chi connectivity index (χ0n) is 21.6. The van der Waals surface area contributed by atoms with Crippen LogP contribution in [-0.2, 0) is 0 Å². The van der Waals surface area contributed by atoms with Gasteiger partial charge in [0, 0.05) is 23.2 Å². The monoisotopic (exact) mass is 522 g/mol. The van der Waals surface area contributed by atoms with Crippen molar-refractivity contribution in [2.45, 2.75) is 37.0 Å². The molecule has 2 bridgehead atoms. The summed E-state index contributed by atoms with van der Waals surface area (Å²) in [6.07, 6.45) is 2.51. The Balaban J connectivity index is 0.899. The van der Waals surface area contributed by atoms with Gasteiger partial charge in [-0.25, -0.2) is 19.9 Å². The summed E-state index contributed by atoms with van der Waals surface area (Å²) in [7, 11) is 0. The van der Waals surface area contributed by atoms with E-state index in [9.17, 15) is 0 Å². The second kappa shape index (κ2) is 6.95. The van der Waals surface area contributed by atoms with E-state index in [-0.39, 0.29) is 0 Å². The Kier molecular flexibility index (Phi) is 3.60. The highest BCUT2D eigenvalue weighted by Gasteiger charge is 2.81. The van der Waals surface area contributed by atoms with Gasteiger partial charge in [0.1, 0.15) is 11.6 Å². The average Bonchev–Trinajstić information content (AvgIpc) is 3.76. The molecule has 3 aliphatic heterocycles. The van der Waals surface area contributed by atoms with Crippen molar-refractivity contribution in [1.82, 2.24) is 40.5 Å². The maximum Gasteiger partial charge on any atom is 0.124 e. The van der Waals surface area contributed by atoms with Crippen molar-refractivity contribution >= 4 is 33.1 Å². The van der Waals surface area contributed by atoms with Gasteiger partial charge in [-0.15, -0.1) is 0 Å². The molecule has 0 spiro atoms. The molecule has 12 rings (SSSR count). The number of aromatic amines is 2. The van der Waals surface area contributed by atoms with Crippen molar-refractivity contribution in [3.63, 3.8) is 0 Å². The predicted octanol–water partition coefficient (Wildman–Crippen LogP) is 5.03. The Morgan fingerprint density at radius 2 is 1.20 bits per heavy atom. The number of pyridine rings is 2. The molecule has 7 heterocycles. The van der Waals surface area contributed by atoms with Gasteiger partial charge in [-0.2, -0.15) is 0 Å². The number of aromatic nitrogens is 6. The van der Waals surface area contributed by atoms with E-state index in [2.05, 4.69) is 81.3 Å². The quantitative estimate of drug-likeness (QED) is 0.259. The molecule has 4 aromatic heterocycles. The minimum absolute atomic E-state index is 0.352. The van der Waals surface area contributed by atoms with Gasteiger partial charge < -0.3 is 20.6 Å². The molecule has 3 saturated carbocycles. The van der Waals surface area contributed by atoms with Gasteiger partial charge in [-0.3, -0.25) is 0 Å². The van der Waals surface area contributed by atoms with E-state index in [0.717, 1.165) is 97.0 Å². The van der Waals surface area contributed by atoms with E-state index in [1.807, 2.05) is 0 Å². The van der Waals surface area contributed by atoms with Gasteiger partial charge in [-0.05, 0) is 85.0 Å². The molecule has 0 radical (unpaired) electrons. The molecule has 6 aliphatic rings. The molecule has 3 unspecified atom stereocenters. The zero-order valence-corrected chi connectivity index (χ0v) is 21.6. The molecule has 40 heavy (non-hydrogen) atoms. The lowest BCUT2D eigenvalue weighted by atomic mass is 10.1. The van der Waals surface area contributed by atoms with E-state index in [0.29, 0.717) is 18.1 Å². The van der Waals surface area contributed by atoms with Crippen LogP contribution in [0, 0.1) is 23.7 Å². The lowest BCUT2D eigenvalue weighted by molar-refractivity contribution is 0.544. The molecule has 2 aromatic carbocycles. The molecule has 8 atom stereocenters. The Bertz CT molecular complexity index is 2030. The highest BCUT2D eigenvalue weighted by molar-refractivity contribution is 5.86. The molecule has 8 heteroatoms. The molecule has 3 aliphatic carbocycles. The summed E-state index contributed by atoms with van der Waals surface area (Å²) in [5.41, 5.74) is 9.97.